The molecule has 0 aliphatic carbocycles. The van der Waals surface area contributed by atoms with Gasteiger partial charge in [0.25, 0.3) is 11.8 Å². The van der Waals surface area contributed by atoms with Crippen molar-refractivity contribution in [2.45, 2.75) is 57.2 Å². The van der Waals surface area contributed by atoms with E-state index in [2.05, 4.69) is 44.4 Å². The fourth-order valence-corrected chi connectivity index (χ4v) is 5.31. The molecule has 0 unspecified atom stereocenters. The van der Waals surface area contributed by atoms with Crippen molar-refractivity contribution < 1.29 is 19.7 Å². The van der Waals surface area contributed by atoms with Crippen LogP contribution in [0, 0.1) is 0 Å². The van der Waals surface area contributed by atoms with Gasteiger partial charge in [-0.15, -0.1) is 0 Å². The van der Waals surface area contributed by atoms with Crippen LogP contribution in [0.5, 0.6) is 5.75 Å². The molecule has 2 aromatic carbocycles. The van der Waals surface area contributed by atoms with Gasteiger partial charge in [0.1, 0.15) is 17.5 Å². The highest BCUT2D eigenvalue weighted by molar-refractivity contribution is 5.92. The molecule has 2 saturated heterocycles. The highest BCUT2D eigenvalue weighted by Crippen LogP contribution is 2.30. The van der Waals surface area contributed by atoms with E-state index in [0.29, 0.717) is 11.4 Å². The van der Waals surface area contributed by atoms with Crippen LogP contribution in [0.2, 0.25) is 0 Å². The first-order chi connectivity index (χ1) is 18.8. The maximum Gasteiger partial charge on any atom is 0.270 e. The number of likely N-dealkylation sites (tertiary alicyclic amines) is 1. The fourth-order valence-electron chi connectivity index (χ4n) is 5.31. The SMILES string of the molecule is CC(F)(F)c1ccc(N2CCC(Oc3ccc(C(=O)NC4CCN(Cc5ccccc5)CC4)nc3)CC2)cc1.[HH]. The van der Waals surface area contributed by atoms with Crippen LogP contribution >= 0.6 is 0 Å². The van der Waals surface area contributed by atoms with Gasteiger partial charge in [0.2, 0.25) is 0 Å². The molecule has 3 heterocycles. The van der Waals surface area contributed by atoms with E-state index in [1.165, 1.54) is 17.7 Å². The first kappa shape index (κ1) is 27.1. The summed E-state index contributed by atoms with van der Waals surface area (Å²) in [5.74, 6) is -2.33. The number of pyridine rings is 1. The largest absolute Gasteiger partial charge is 0.489 e. The lowest BCUT2D eigenvalue weighted by Crippen LogP contribution is -2.44. The Hall–Kier alpha value is -3.52. The average molecular weight is 537 g/mol. The number of ether oxygens (including phenoxy) is 1. The Morgan fingerprint density at radius 3 is 2.28 bits per heavy atom. The number of carbonyl (C=O) groups is 1. The lowest BCUT2D eigenvalue weighted by atomic mass is 10.0. The van der Waals surface area contributed by atoms with Crippen LogP contribution < -0.4 is 15.0 Å². The minimum atomic E-state index is -2.83. The number of alkyl halides is 2. The number of rotatable bonds is 8. The van der Waals surface area contributed by atoms with Crippen molar-refractivity contribution in [3.8, 4) is 5.75 Å². The molecule has 2 fully saturated rings. The van der Waals surface area contributed by atoms with E-state index in [1.54, 1.807) is 30.5 Å². The second-order valence-corrected chi connectivity index (χ2v) is 10.6. The van der Waals surface area contributed by atoms with Crippen LogP contribution in [0.15, 0.2) is 72.9 Å². The van der Waals surface area contributed by atoms with Gasteiger partial charge in [-0.3, -0.25) is 9.69 Å². The summed E-state index contributed by atoms with van der Waals surface area (Å²) in [6.07, 6.45) is 5.14. The molecule has 0 atom stereocenters. The number of piperidine rings is 2. The van der Waals surface area contributed by atoms with Crippen LogP contribution in [-0.2, 0) is 12.5 Å². The summed E-state index contributed by atoms with van der Waals surface area (Å²) < 4.78 is 33.1. The first-order valence-corrected chi connectivity index (χ1v) is 13.8. The molecule has 2 aliphatic heterocycles. The monoisotopic (exact) mass is 536 g/mol. The Balaban J connectivity index is 0.00000370. The zero-order valence-corrected chi connectivity index (χ0v) is 22.4. The number of hydrogen-bond acceptors (Lipinski definition) is 5. The third kappa shape index (κ3) is 7.32. The van der Waals surface area contributed by atoms with Crippen LogP contribution in [-0.4, -0.2) is 54.1 Å². The quantitative estimate of drug-likeness (QED) is 0.390. The number of aromatic nitrogens is 1. The number of nitrogens with one attached hydrogen (secondary N) is 1. The Bertz CT molecular complexity index is 1210. The van der Waals surface area contributed by atoms with Gasteiger partial charge >= 0.3 is 0 Å². The zero-order valence-electron chi connectivity index (χ0n) is 22.4. The Kier molecular flexibility index (Phi) is 8.41. The normalized spacial score (nSPS) is 17.7. The Labute approximate surface area is 230 Å². The van der Waals surface area contributed by atoms with E-state index in [4.69, 9.17) is 4.74 Å². The third-order valence-electron chi connectivity index (χ3n) is 7.62. The second-order valence-electron chi connectivity index (χ2n) is 10.6. The van der Waals surface area contributed by atoms with E-state index >= 15 is 0 Å². The summed E-state index contributed by atoms with van der Waals surface area (Å²) in [5, 5.41) is 3.14. The molecule has 208 valence electrons. The lowest BCUT2D eigenvalue weighted by Gasteiger charge is -2.34. The van der Waals surface area contributed by atoms with Crippen molar-refractivity contribution >= 4 is 11.6 Å². The topological polar surface area (TPSA) is 57.7 Å². The predicted octanol–water partition coefficient (Wildman–Crippen LogP) is 5.88. The van der Waals surface area contributed by atoms with Gasteiger partial charge in [-0.2, -0.15) is 0 Å². The molecule has 3 aromatic rings. The molecule has 0 radical (unpaired) electrons. The van der Waals surface area contributed by atoms with Crippen molar-refractivity contribution in [1.82, 2.24) is 15.2 Å². The molecular weight excluding hydrogens is 498 g/mol. The molecule has 1 amide bonds. The van der Waals surface area contributed by atoms with E-state index in [9.17, 15) is 13.6 Å². The molecule has 5 rings (SSSR count). The number of nitrogens with zero attached hydrogens (tertiary/aromatic N) is 3. The molecular formula is C31H38F2N4O2. The molecule has 39 heavy (non-hydrogen) atoms. The molecule has 0 saturated carbocycles. The zero-order chi connectivity index (χ0) is 27.2. The van der Waals surface area contributed by atoms with Crippen molar-refractivity contribution in [3.63, 3.8) is 0 Å². The molecule has 2 aliphatic rings. The molecule has 0 bridgehead atoms. The summed E-state index contributed by atoms with van der Waals surface area (Å²) in [5.41, 5.74) is 2.68. The van der Waals surface area contributed by atoms with Crippen LogP contribution in [0.3, 0.4) is 0 Å². The minimum absolute atomic E-state index is 0. The van der Waals surface area contributed by atoms with Crippen molar-refractivity contribution in [3.05, 3.63) is 89.7 Å². The third-order valence-corrected chi connectivity index (χ3v) is 7.62. The number of benzene rings is 2. The van der Waals surface area contributed by atoms with Gasteiger partial charge < -0.3 is 15.0 Å². The van der Waals surface area contributed by atoms with Gasteiger partial charge in [-0.25, -0.2) is 13.8 Å². The predicted molar refractivity (Wildman–Crippen MR) is 150 cm³/mol. The highest BCUT2D eigenvalue weighted by atomic mass is 19.3. The van der Waals surface area contributed by atoms with Gasteiger partial charge in [0.15, 0.2) is 0 Å². The summed E-state index contributed by atoms with van der Waals surface area (Å²) in [6.45, 7) is 5.33. The Morgan fingerprint density at radius 1 is 0.974 bits per heavy atom. The maximum absolute atomic E-state index is 13.5. The summed E-state index contributed by atoms with van der Waals surface area (Å²) in [4.78, 5) is 21.7. The van der Waals surface area contributed by atoms with Gasteiger partial charge in [-0.1, -0.05) is 42.5 Å². The fraction of sp³-hybridized carbons (Fsp3) is 0.419. The molecule has 6 nitrogen and oxygen atoms in total. The number of anilines is 1. The summed E-state index contributed by atoms with van der Waals surface area (Å²) in [7, 11) is 0. The number of amides is 1. The van der Waals surface area contributed by atoms with Gasteiger partial charge in [0, 0.05) is 71.2 Å². The van der Waals surface area contributed by atoms with Crippen LogP contribution in [0.4, 0.5) is 14.5 Å². The van der Waals surface area contributed by atoms with E-state index in [-0.39, 0.29) is 25.0 Å². The first-order valence-electron chi connectivity index (χ1n) is 13.8. The van der Waals surface area contributed by atoms with Crippen molar-refractivity contribution in [1.29, 1.82) is 0 Å². The van der Waals surface area contributed by atoms with Crippen LogP contribution in [0.1, 0.15) is 55.6 Å². The molecule has 8 heteroatoms. The second kappa shape index (κ2) is 12.1. The number of carbonyl (C=O) groups excluding carboxylic acids is 1. The molecule has 1 aromatic heterocycles. The van der Waals surface area contributed by atoms with E-state index < -0.39 is 5.92 Å². The smallest absolute Gasteiger partial charge is 0.270 e. The molecule has 1 N–H and O–H groups in total. The minimum Gasteiger partial charge on any atom is -0.489 e. The van der Waals surface area contributed by atoms with Gasteiger partial charge in [-0.05, 0) is 42.7 Å². The summed E-state index contributed by atoms with van der Waals surface area (Å²) in [6, 6.07) is 20.7. The standard InChI is InChI=1S/C31H36F2N4O2.H2/c1-31(32,33)24-7-9-26(10-8-24)37-19-15-27(16-20-37)39-28-11-12-29(34-21-28)30(38)35-25-13-17-36(18-14-25)22-23-5-3-2-4-6-23;/h2-12,21,25,27H,13-20,22H2,1H3,(H,35,38);1H. The lowest BCUT2D eigenvalue weighted by molar-refractivity contribution is 0.0175. The Morgan fingerprint density at radius 2 is 1.67 bits per heavy atom. The summed E-state index contributed by atoms with van der Waals surface area (Å²) >= 11 is 0. The van der Waals surface area contributed by atoms with Gasteiger partial charge in [0.05, 0.1) is 6.20 Å². The number of halogens is 2. The number of hydrogen-bond donors (Lipinski definition) is 1. The highest BCUT2D eigenvalue weighted by Gasteiger charge is 2.26. The maximum atomic E-state index is 13.5. The molecule has 0 spiro atoms. The van der Waals surface area contributed by atoms with Crippen molar-refractivity contribution in [2.75, 3.05) is 31.1 Å². The van der Waals surface area contributed by atoms with Crippen molar-refractivity contribution in [2.24, 2.45) is 0 Å². The average Bonchev–Trinajstić information content (AvgIpc) is 2.95. The van der Waals surface area contributed by atoms with Crippen LogP contribution in [0.25, 0.3) is 0 Å². The van der Waals surface area contributed by atoms with E-state index in [0.717, 1.165) is 71.0 Å². The van der Waals surface area contributed by atoms with E-state index in [1.807, 2.05) is 6.07 Å².